The molecule has 0 spiro atoms. The van der Waals surface area contributed by atoms with Crippen LogP contribution in [0.15, 0.2) is 24.3 Å². The molecule has 0 bridgehead atoms. The van der Waals surface area contributed by atoms with Crippen LogP contribution in [0, 0.1) is 12.8 Å². The highest BCUT2D eigenvalue weighted by Gasteiger charge is 2.12. The zero-order valence-corrected chi connectivity index (χ0v) is 12.3. The Kier molecular flexibility index (Phi) is 3.93. The molecule has 2 aromatic rings. The number of benzene rings is 1. The van der Waals surface area contributed by atoms with E-state index in [-0.39, 0.29) is 0 Å². The summed E-state index contributed by atoms with van der Waals surface area (Å²) in [5, 5.41) is 0. The van der Waals surface area contributed by atoms with E-state index in [1.54, 1.807) is 0 Å². The van der Waals surface area contributed by atoms with E-state index in [0.29, 0.717) is 5.92 Å². The van der Waals surface area contributed by atoms with Crippen molar-refractivity contribution in [2.45, 2.75) is 40.7 Å². The third kappa shape index (κ3) is 2.80. The average molecular weight is 257 g/mol. The van der Waals surface area contributed by atoms with E-state index in [9.17, 15) is 0 Å². The summed E-state index contributed by atoms with van der Waals surface area (Å²) in [6.45, 7) is 9.41. The van der Waals surface area contributed by atoms with Gasteiger partial charge in [0.2, 0.25) is 0 Å². The first-order valence-corrected chi connectivity index (χ1v) is 6.94. The van der Waals surface area contributed by atoms with Crippen LogP contribution in [0.2, 0.25) is 0 Å². The van der Waals surface area contributed by atoms with Crippen LogP contribution in [0.3, 0.4) is 0 Å². The third-order valence-corrected chi connectivity index (χ3v) is 3.39. The van der Waals surface area contributed by atoms with E-state index in [1.165, 1.54) is 5.56 Å². The molecule has 0 unspecified atom stereocenters. The van der Waals surface area contributed by atoms with Gasteiger partial charge in [0.25, 0.3) is 0 Å². The van der Waals surface area contributed by atoms with Crippen molar-refractivity contribution in [3.8, 4) is 11.3 Å². The maximum absolute atomic E-state index is 6.17. The highest BCUT2D eigenvalue weighted by atomic mass is 15.1. The molecule has 0 saturated heterocycles. The summed E-state index contributed by atoms with van der Waals surface area (Å²) < 4.78 is 2.04. The maximum atomic E-state index is 6.17. The molecular weight excluding hydrogens is 234 g/mol. The van der Waals surface area contributed by atoms with Gasteiger partial charge < -0.3 is 10.3 Å². The van der Waals surface area contributed by atoms with Crippen molar-refractivity contribution in [1.82, 2.24) is 9.55 Å². The molecule has 0 saturated carbocycles. The second-order valence-corrected chi connectivity index (χ2v) is 5.43. The van der Waals surface area contributed by atoms with Crippen LogP contribution >= 0.6 is 0 Å². The number of nitrogens with zero attached hydrogens (tertiary/aromatic N) is 2. The highest BCUT2D eigenvalue weighted by molar-refractivity contribution is 5.71. The molecule has 1 aromatic carbocycles. The molecule has 102 valence electrons. The molecule has 0 aliphatic carbocycles. The van der Waals surface area contributed by atoms with Gasteiger partial charge in [-0.1, -0.05) is 38.1 Å². The monoisotopic (exact) mass is 257 g/mol. The van der Waals surface area contributed by atoms with Gasteiger partial charge in [0.1, 0.15) is 17.3 Å². The molecule has 1 aromatic heterocycles. The molecule has 0 aliphatic heterocycles. The highest BCUT2D eigenvalue weighted by Crippen LogP contribution is 2.26. The van der Waals surface area contributed by atoms with Crippen molar-refractivity contribution < 1.29 is 0 Å². The van der Waals surface area contributed by atoms with Crippen molar-refractivity contribution in [1.29, 1.82) is 0 Å². The smallest absolute Gasteiger partial charge is 0.131 e. The summed E-state index contributed by atoms with van der Waals surface area (Å²) in [6.07, 6.45) is 1.11. The van der Waals surface area contributed by atoms with Crippen LogP contribution < -0.4 is 5.73 Å². The second kappa shape index (κ2) is 5.47. The number of hydrogen-bond acceptors (Lipinski definition) is 2. The van der Waals surface area contributed by atoms with Gasteiger partial charge in [-0.15, -0.1) is 0 Å². The number of rotatable bonds is 4. The first-order chi connectivity index (χ1) is 9.02. The van der Waals surface area contributed by atoms with Gasteiger partial charge in [0, 0.05) is 12.1 Å². The predicted octanol–water partition coefficient (Wildman–Crippen LogP) is 3.66. The van der Waals surface area contributed by atoms with Gasteiger partial charge in [-0.05, 0) is 31.7 Å². The second-order valence-electron chi connectivity index (χ2n) is 5.43. The minimum Gasteiger partial charge on any atom is -0.383 e. The van der Waals surface area contributed by atoms with Crippen molar-refractivity contribution in [3.63, 3.8) is 0 Å². The van der Waals surface area contributed by atoms with Gasteiger partial charge in [0.05, 0.1) is 0 Å². The first kappa shape index (κ1) is 13.7. The van der Waals surface area contributed by atoms with Crippen molar-refractivity contribution in [2.24, 2.45) is 5.92 Å². The standard InChI is InChI=1S/C16H23N3/c1-5-19-12(4)18-15(16(19)17)14-8-6-13(7-9-14)10-11(2)3/h6-9,11H,5,10,17H2,1-4H3. The Bertz CT molecular complexity index is 550. The van der Waals surface area contributed by atoms with Crippen LogP contribution in [0.25, 0.3) is 11.3 Å². The molecule has 2 rings (SSSR count). The normalized spacial score (nSPS) is 11.2. The maximum Gasteiger partial charge on any atom is 0.131 e. The fraction of sp³-hybridized carbons (Fsp3) is 0.438. The fourth-order valence-corrected chi connectivity index (χ4v) is 2.46. The topological polar surface area (TPSA) is 43.8 Å². The van der Waals surface area contributed by atoms with Crippen molar-refractivity contribution in [3.05, 3.63) is 35.7 Å². The van der Waals surface area contributed by atoms with Crippen LogP contribution in [-0.4, -0.2) is 9.55 Å². The lowest BCUT2D eigenvalue weighted by Crippen LogP contribution is -2.02. The largest absolute Gasteiger partial charge is 0.383 e. The molecule has 0 fully saturated rings. The third-order valence-electron chi connectivity index (χ3n) is 3.39. The molecule has 0 atom stereocenters. The lowest BCUT2D eigenvalue weighted by Gasteiger charge is -2.06. The number of aryl methyl sites for hydroxylation is 1. The first-order valence-electron chi connectivity index (χ1n) is 6.94. The van der Waals surface area contributed by atoms with Crippen LogP contribution in [0.4, 0.5) is 5.82 Å². The van der Waals surface area contributed by atoms with Crippen LogP contribution in [-0.2, 0) is 13.0 Å². The van der Waals surface area contributed by atoms with Crippen molar-refractivity contribution in [2.75, 3.05) is 5.73 Å². The molecule has 2 N–H and O–H groups in total. The minimum absolute atomic E-state index is 0.678. The number of anilines is 1. The van der Waals surface area contributed by atoms with E-state index in [2.05, 4.69) is 50.0 Å². The minimum atomic E-state index is 0.678. The van der Waals surface area contributed by atoms with Gasteiger partial charge in [-0.2, -0.15) is 0 Å². The number of hydrogen-bond donors (Lipinski definition) is 1. The molecule has 3 nitrogen and oxygen atoms in total. The molecule has 0 radical (unpaired) electrons. The lowest BCUT2D eigenvalue weighted by atomic mass is 10.0. The van der Waals surface area contributed by atoms with Gasteiger partial charge in [-0.3, -0.25) is 0 Å². The predicted molar refractivity (Wildman–Crippen MR) is 81.0 cm³/mol. The van der Waals surface area contributed by atoms with Gasteiger partial charge in [-0.25, -0.2) is 4.98 Å². The van der Waals surface area contributed by atoms with E-state index in [0.717, 1.165) is 35.9 Å². The number of nitrogen functional groups attached to an aromatic ring is 1. The summed E-state index contributed by atoms with van der Waals surface area (Å²) in [6, 6.07) is 8.59. The quantitative estimate of drug-likeness (QED) is 0.908. The molecular formula is C16H23N3. The Morgan fingerprint density at radius 3 is 2.32 bits per heavy atom. The van der Waals surface area contributed by atoms with Crippen LogP contribution in [0.1, 0.15) is 32.2 Å². The summed E-state index contributed by atoms with van der Waals surface area (Å²) >= 11 is 0. The summed E-state index contributed by atoms with van der Waals surface area (Å²) in [4.78, 5) is 4.58. The Morgan fingerprint density at radius 2 is 1.84 bits per heavy atom. The molecule has 0 aliphatic rings. The average Bonchev–Trinajstić information content (AvgIpc) is 2.64. The number of nitrogens with two attached hydrogens (primary N) is 1. The van der Waals surface area contributed by atoms with Crippen LogP contribution in [0.5, 0.6) is 0 Å². The SMILES string of the molecule is CCn1c(C)nc(-c2ccc(CC(C)C)cc2)c1N. The van der Waals surface area contributed by atoms with Crippen molar-refractivity contribution >= 4 is 5.82 Å². The Labute approximate surface area is 115 Å². The lowest BCUT2D eigenvalue weighted by molar-refractivity contribution is 0.647. The summed E-state index contributed by atoms with van der Waals surface area (Å²) in [7, 11) is 0. The molecule has 3 heteroatoms. The zero-order valence-electron chi connectivity index (χ0n) is 12.3. The molecule has 0 amide bonds. The number of aromatic nitrogens is 2. The van der Waals surface area contributed by atoms with E-state index < -0.39 is 0 Å². The van der Waals surface area contributed by atoms with Gasteiger partial charge >= 0.3 is 0 Å². The number of imidazole rings is 1. The van der Waals surface area contributed by atoms with Gasteiger partial charge in [0.15, 0.2) is 0 Å². The van der Waals surface area contributed by atoms with E-state index >= 15 is 0 Å². The molecule has 19 heavy (non-hydrogen) atoms. The zero-order chi connectivity index (χ0) is 14.0. The van der Waals surface area contributed by atoms with E-state index in [4.69, 9.17) is 5.73 Å². The summed E-state index contributed by atoms with van der Waals surface area (Å²) in [5.74, 6) is 2.41. The molecule has 1 heterocycles. The van der Waals surface area contributed by atoms with E-state index in [1.807, 2.05) is 11.5 Å². The Morgan fingerprint density at radius 1 is 1.21 bits per heavy atom. The Hall–Kier alpha value is -1.77. The Balaban J connectivity index is 2.32. The summed E-state index contributed by atoms with van der Waals surface area (Å²) in [5.41, 5.74) is 9.53. The fourth-order valence-electron chi connectivity index (χ4n) is 2.46.